The molecule has 1 N–H and O–H groups in total. The predicted octanol–water partition coefficient (Wildman–Crippen LogP) is 1.66. The van der Waals surface area contributed by atoms with Crippen molar-refractivity contribution < 1.29 is 13.2 Å². The molecule has 0 radical (unpaired) electrons. The zero-order valence-corrected chi connectivity index (χ0v) is 12.4. The van der Waals surface area contributed by atoms with Crippen molar-refractivity contribution in [2.24, 2.45) is 0 Å². The molecule has 0 bridgehead atoms. The number of carbonyl (C=O) groups excluding carboxylic acids is 1. The summed E-state index contributed by atoms with van der Waals surface area (Å²) in [5.41, 5.74) is 0.179. The van der Waals surface area contributed by atoms with E-state index in [1.165, 1.54) is 6.92 Å². The van der Waals surface area contributed by atoms with Gasteiger partial charge in [-0.2, -0.15) is 5.10 Å². The van der Waals surface area contributed by atoms with Crippen LogP contribution < -0.4 is 0 Å². The zero-order chi connectivity index (χ0) is 14.2. The molecule has 1 saturated heterocycles. The van der Waals surface area contributed by atoms with Crippen molar-refractivity contribution in [1.82, 2.24) is 15.1 Å². The highest BCUT2D eigenvalue weighted by atomic mass is 35.7. The maximum absolute atomic E-state index is 12.4. The summed E-state index contributed by atoms with van der Waals surface area (Å²) in [6.45, 7) is 4.16. The maximum Gasteiger partial charge on any atom is 0.276 e. The van der Waals surface area contributed by atoms with Crippen LogP contribution in [0.5, 0.6) is 0 Å². The Hall–Kier alpha value is -1.08. The Labute approximate surface area is 116 Å². The number of nitrogens with one attached hydrogen (secondary N) is 1. The summed E-state index contributed by atoms with van der Waals surface area (Å²) in [7, 11) is 1.38. The number of aromatic nitrogens is 2. The molecule has 8 heteroatoms. The van der Waals surface area contributed by atoms with E-state index in [0.717, 1.165) is 19.3 Å². The third-order valence-electron chi connectivity index (χ3n) is 3.45. The molecular weight excluding hydrogens is 290 g/mol. The monoisotopic (exact) mass is 305 g/mol. The van der Waals surface area contributed by atoms with Crippen molar-refractivity contribution in [3.63, 3.8) is 0 Å². The van der Waals surface area contributed by atoms with Crippen LogP contribution in [0.3, 0.4) is 0 Å². The molecule has 1 aliphatic heterocycles. The van der Waals surface area contributed by atoms with E-state index in [1.54, 1.807) is 4.90 Å². The van der Waals surface area contributed by atoms with E-state index in [-0.39, 0.29) is 28.2 Å². The molecule has 106 valence electrons. The average Bonchev–Trinajstić information content (AvgIpc) is 2.92. The minimum absolute atomic E-state index is 0.104. The van der Waals surface area contributed by atoms with Crippen LogP contribution in [0.2, 0.25) is 0 Å². The lowest BCUT2D eigenvalue weighted by atomic mass is 10.1. The first-order valence-electron chi connectivity index (χ1n) is 6.16. The quantitative estimate of drug-likeness (QED) is 0.861. The van der Waals surface area contributed by atoms with Gasteiger partial charge in [0, 0.05) is 23.3 Å². The molecule has 1 aromatic rings. The summed E-state index contributed by atoms with van der Waals surface area (Å²) in [6.07, 6.45) is 2.71. The van der Waals surface area contributed by atoms with Crippen molar-refractivity contribution in [2.45, 2.75) is 44.0 Å². The summed E-state index contributed by atoms with van der Waals surface area (Å²) in [4.78, 5) is 13.9. The molecule has 0 spiro atoms. The second kappa shape index (κ2) is 5.13. The largest absolute Gasteiger partial charge is 0.334 e. The summed E-state index contributed by atoms with van der Waals surface area (Å²) < 4.78 is 23.1. The molecule has 1 aromatic heterocycles. The van der Waals surface area contributed by atoms with Crippen LogP contribution in [0.25, 0.3) is 0 Å². The minimum atomic E-state index is -3.99. The van der Waals surface area contributed by atoms with Gasteiger partial charge < -0.3 is 4.90 Å². The summed E-state index contributed by atoms with van der Waals surface area (Å²) in [5, 5.41) is 6.34. The van der Waals surface area contributed by atoms with Crippen LogP contribution >= 0.6 is 10.7 Å². The maximum atomic E-state index is 12.4. The van der Waals surface area contributed by atoms with Crippen molar-refractivity contribution in [3.05, 3.63) is 11.4 Å². The molecule has 1 unspecified atom stereocenters. The molecule has 2 rings (SSSR count). The second-order valence-electron chi connectivity index (χ2n) is 4.67. The van der Waals surface area contributed by atoms with E-state index in [2.05, 4.69) is 10.2 Å². The molecule has 1 fully saturated rings. The topological polar surface area (TPSA) is 83.1 Å². The van der Waals surface area contributed by atoms with Gasteiger partial charge in [0.05, 0.1) is 5.69 Å². The number of amides is 1. The average molecular weight is 306 g/mol. The molecule has 1 aliphatic rings. The summed E-state index contributed by atoms with van der Waals surface area (Å²) >= 11 is 0. The van der Waals surface area contributed by atoms with E-state index in [4.69, 9.17) is 10.7 Å². The van der Waals surface area contributed by atoms with Gasteiger partial charge in [-0.3, -0.25) is 9.89 Å². The van der Waals surface area contributed by atoms with Crippen molar-refractivity contribution in [1.29, 1.82) is 0 Å². The van der Waals surface area contributed by atoms with E-state index >= 15 is 0 Å². The molecule has 0 aliphatic carbocycles. The van der Waals surface area contributed by atoms with E-state index in [1.807, 2.05) is 6.92 Å². The lowest BCUT2D eigenvalue weighted by Crippen LogP contribution is -2.35. The fourth-order valence-corrected chi connectivity index (χ4v) is 3.87. The first-order valence-corrected chi connectivity index (χ1v) is 8.47. The smallest absolute Gasteiger partial charge is 0.276 e. The number of nitrogens with zero attached hydrogens (tertiary/aromatic N) is 2. The van der Waals surface area contributed by atoms with Gasteiger partial charge in [0.15, 0.2) is 5.69 Å². The number of hydrogen-bond donors (Lipinski definition) is 1. The number of H-pyrrole nitrogens is 1. The molecule has 1 amide bonds. The van der Waals surface area contributed by atoms with Crippen molar-refractivity contribution in [3.8, 4) is 0 Å². The lowest BCUT2D eigenvalue weighted by molar-refractivity contribution is 0.0724. The number of likely N-dealkylation sites (tertiary alicyclic amines) is 1. The molecule has 19 heavy (non-hydrogen) atoms. The highest BCUT2D eigenvalue weighted by Gasteiger charge is 2.34. The normalized spacial score (nSPS) is 19.9. The van der Waals surface area contributed by atoms with Gasteiger partial charge in [-0.05, 0) is 26.2 Å². The number of aryl methyl sites for hydroxylation is 1. The van der Waals surface area contributed by atoms with Crippen LogP contribution in [-0.2, 0) is 9.05 Å². The van der Waals surface area contributed by atoms with Crippen LogP contribution in [0.4, 0.5) is 0 Å². The molecule has 0 saturated carbocycles. The molecule has 6 nitrogen and oxygen atoms in total. The lowest BCUT2D eigenvalue weighted by Gasteiger charge is -2.22. The van der Waals surface area contributed by atoms with Gasteiger partial charge >= 0.3 is 0 Å². The minimum Gasteiger partial charge on any atom is -0.334 e. The SMILES string of the molecule is CCC1CCCN1C(=O)c1n[nH]c(C)c1S(=O)(=O)Cl. The van der Waals surface area contributed by atoms with E-state index in [9.17, 15) is 13.2 Å². The van der Waals surface area contributed by atoms with Crippen LogP contribution in [-0.4, -0.2) is 42.0 Å². The molecule has 2 heterocycles. The van der Waals surface area contributed by atoms with Gasteiger partial charge in [-0.1, -0.05) is 6.92 Å². The van der Waals surface area contributed by atoms with Crippen LogP contribution in [0, 0.1) is 6.92 Å². The van der Waals surface area contributed by atoms with Crippen LogP contribution in [0.15, 0.2) is 4.90 Å². The second-order valence-corrected chi connectivity index (χ2v) is 7.17. The van der Waals surface area contributed by atoms with Crippen molar-refractivity contribution >= 4 is 25.6 Å². The number of carbonyl (C=O) groups is 1. The number of aromatic amines is 1. The number of hydrogen-bond acceptors (Lipinski definition) is 4. The van der Waals surface area contributed by atoms with E-state index < -0.39 is 9.05 Å². The van der Waals surface area contributed by atoms with Crippen molar-refractivity contribution in [2.75, 3.05) is 6.54 Å². The summed E-state index contributed by atoms with van der Waals surface area (Å²) in [6, 6.07) is 0.149. The highest BCUT2D eigenvalue weighted by molar-refractivity contribution is 8.13. The Balaban J connectivity index is 2.40. The third-order valence-corrected chi connectivity index (χ3v) is 4.90. The van der Waals surface area contributed by atoms with Gasteiger partial charge in [-0.15, -0.1) is 0 Å². The van der Waals surface area contributed by atoms with Gasteiger partial charge in [-0.25, -0.2) is 8.42 Å². The standard InChI is InChI=1S/C11H16ClN3O3S/c1-3-8-5-4-6-15(8)11(16)9-10(19(12,17)18)7(2)13-14-9/h8H,3-6H2,1-2H3,(H,13,14). The van der Waals surface area contributed by atoms with Gasteiger partial charge in [0.2, 0.25) is 0 Å². The fourth-order valence-electron chi connectivity index (χ4n) is 2.53. The Kier molecular flexibility index (Phi) is 3.87. The molecule has 0 aromatic carbocycles. The van der Waals surface area contributed by atoms with E-state index in [0.29, 0.717) is 6.54 Å². The zero-order valence-electron chi connectivity index (χ0n) is 10.8. The summed E-state index contributed by atoms with van der Waals surface area (Å²) in [5.74, 6) is -0.368. The Morgan fingerprint density at radius 1 is 1.58 bits per heavy atom. The third kappa shape index (κ3) is 2.62. The van der Waals surface area contributed by atoms with Gasteiger partial charge in [0.1, 0.15) is 4.90 Å². The number of halogens is 1. The molecule has 1 atom stereocenters. The number of rotatable bonds is 3. The Bertz CT molecular complexity index is 596. The first-order chi connectivity index (χ1) is 8.86. The Morgan fingerprint density at radius 3 is 2.84 bits per heavy atom. The molecular formula is C11H16ClN3O3S. The predicted molar refractivity (Wildman–Crippen MR) is 70.7 cm³/mol. The van der Waals surface area contributed by atoms with Crippen LogP contribution in [0.1, 0.15) is 42.4 Å². The van der Waals surface area contributed by atoms with Gasteiger partial charge in [0.25, 0.3) is 15.0 Å². The first kappa shape index (κ1) is 14.3. The highest BCUT2D eigenvalue weighted by Crippen LogP contribution is 2.27. The Morgan fingerprint density at radius 2 is 2.26 bits per heavy atom. The fraction of sp³-hybridized carbons (Fsp3) is 0.636.